The summed E-state index contributed by atoms with van der Waals surface area (Å²) in [5, 5.41) is 0. The monoisotopic (exact) mass is 435 g/mol. The van der Waals surface area contributed by atoms with Crippen LogP contribution in [-0.2, 0) is 24.3 Å². The van der Waals surface area contributed by atoms with Gasteiger partial charge in [0, 0.05) is 12.0 Å². The number of benzene rings is 1. The van der Waals surface area contributed by atoms with Gasteiger partial charge in [0.1, 0.15) is 11.7 Å². The first-order valence-corrected chi connectivity index (χ1v) is 11.7. The molecule has 3 rings (SSSR count). The lowest BCUT2D eigenvalue weighted by molar-refractivity contribution is -0.148. The molecule has 1 atom stereocenters. The van der Waals surface area contributed by atoms with Gasteiger partial charge in [0.2, 0.25) is 0 Å². The van der Waals surface area contributed by atoms with Crippen molar-refractivity contribution in [1.29, 1.82) is 0 Å². The molecule has 164 valence electrons. The Bertz CT molecular complexity index is 937. The minimum Gasteiger partial charge on any atom is -0.457 e. The highest BCUT2D eigenvalue weighted by Gasteiger charge is 2.48. The fourth-order valence-corrected chi connectivity index (χ4v) is 5.22. The van der Waals surface area contributed by atoms with Gasteiger partial charge in [-0.3, -0.25) is 0 Å². The van der Waals surface area contributed by atoms with E-state index in [2.05, 4.69) is 0 Å². The van der Waals surface area contributed by atoms with Crippen molar-refractivity contribution in [2.24, 2.45) is 5.92 Å². The van der Waals surface area contributed by atoms with Gasteiger partial charge in [-0.1, -0.05) is 37.0 Å². The van der Waals surface area contributed by atoms with Crippen LogP contribution >= 0.6 is 0 Å². The summed E-state index contributed by atoms with van der Waals surface area (Å²) < 4.78 is 38.1. The van der Waals surface area contributed by atoms with Gasteiger partial charge in [0.15, 0.2) is 0 Å². The van der Waals surface area contributed by atoms with E-state index >= 15 is 0 Å². The van der Waals surface area contributed by atoms with Gasteiger partial charge in [-0.2, -0.15) is 4.31 Å². The predicted octanol–water partition coefficient (Wildman–Crippen LogP) is 4.31. The number of sulfonamides is 1. The van der Waals surface area contributed by atoms with E-state index in [1.165, 1.54) is 12.1 Å². The summed E-state index contributed by atoms with van der Waals surface area (Å²) in [5.74, 6) is -0.740. The highest BCUT2D eigenvalue weighted by atomic mass is 32.2. The number of cyclic esters (lactones) is 1. The summed E-state index contributed by atoms with van der Waals surface area (Å²) in [6.45, 7) is 7.00. The second-order valence-electron chi connectivity index (χ2n) is 8.89. The van der Waals surface area contributed by atoms with Gasteiger partial charge in [0.25, 0.3) is 10.0 Å². The number of carbonyl (C=O) groups excluding carboxylic acids is 2. The van der Waals surface area contributed by atoms with Crippen molar-refractivity contribution < 1.29 is 27.5 Å². The smallest absolute Gasteiger partial charge is 0.429 e. The van der Waals surface area contributed by atoms with Crippen LogP contribution in [0.25, 0.3) is 0 Å². The van der Waals surface area contributed by atoms with Crippen LogP contribution in [-0.4, -0.2) is 36.5 Å². The van der Waals surface area contributed by atoms with E-state index in [0.29, 0.717) is 4.31 Å². The number of hydrogen-bond acceptors (Lipinski definition) is 6. The Morgan fingerprint density at radius 3 is 2.30 bits per heavy atom. The van der Waals surface area contributed by atoms with Gasteiger partial charge in [-0.15, -0.1) is 0 Å². The van der Waals surface area contributed by atoms with Crippen LogP contribution in [0.1, 0.15) is 58.4 Å². The van der Waals surface area contributed by atoms with Crippen molar-refractivity contribution in [3.8, 4) is 0 Å². The molecule has 1 saturated carbocycles. The summed E-state index contributed by atoms with van der Waals surface area (Å²) in [7, 11) is -4.23. The maximum absolute atomic E-state index is 13.3. The average molecular weight is 436 g/mol. The van der Waals surface area contributed by atoms with E-state index in [-0.39, 0.29) is 16.5 Å². The van der Waals surface area contributed by atoms with Crippen LogP contribution in [0.5, 0.6) is 0 Å². The predicted molar refractivity (Wildman–Crippen MR) is 111 cm³/mol. The van der Waals surface area contributed by atoms with Gasteiger partial charge in [0.05, 0.1) is 10.6 Å². The van der Waals surface area contributed by atoms with Crippen LogP contribution in [0.15, 0.2) is 40.9 Å². The van der Waals surface area contributed by atoms with E-state index in [9.17, 15) is 18.0 Å². The third-order valence-corrected chi connectivity index (χ3v) is 6.94. The summed E-state index contributed by atoms with van der Waals surface area (Å²) in [5.41, 5.74) is 0.169. The number of ether oxygens (including phenoxy) is 2. The van der Waals surface area contributed by atoms with Crippen molar-refractivity contribution in [2.75, 3.05) is 0 Å². The zero-order valence-electron chi connectivity index (χ0n) is 17.9. The first-order valence-electron chi connectivity index (χ1n) is 10.3. The third kappa shape index (κ3) is 4.86. The molecule has 0 bridgehead atoms. The van der Waals surface area contributed by atoms with E-state index in [1.807, 2.05) is 6.92 Å². The molecule has 1 saturated heterocycles. The summed E-state index contributed by atoms with van der Waals surface area (Å²) in [4.78, 5) is 25.2. The number of rotatable bonds is 4. The number of hydrogen-bond donors (Lipinski definition) is 0. The zero-order valence-corrected chi connectivity index (χ0v) is 18.7. The Morgan fingerprint density at radius 1 is 1.13 bits per heavy atom. The molecule has 2 fully saturated rings. The molecule has 1 heterocycles. The minimum atomic E-state index is -4.23. The molecular formula is C22H29NO6S. The molecule has 2 aliphatic rings. The number of nitrogens with zero attached hydrogens (tertiary/aromatic N) is 1. The number of esters is 1. The standard InChI is InChI=1S/C22H29NO6S/c1-15-10-12-17(13-11-15)30(26,27)23-18(14-19(24)29-22(2,3)4)20(28-21(23)25)16-8-6-5-7-9-16/h10-14,16,20H,5-9H2,1-4H3/b18-14+/t20-/m1/s1. The van der Waals surface area contributed by atoms with Crippen molar-refractivity contribution >= 4 is 22.1 Å². The largest absolute Gasteiger partial charge is 0.457 e. The molecule has 0 N–H and O–H groups in total. The van der Waals surface area contributed by atoms with Gasteiger partial charge >= 0.3 is 12.1 Å². The molecular weight excluding hydrogens is 406 g/mol. The molecule has 0 spiro atoms. The molecule has 1 aliphatic carbocycles. The fraction of sp³-hybridized carbons (Fsp3) is 0.545. The van der Waals surface area contributed by atoms with Crippen LogP contribution in [0.4, 0.5) is 4.79 Å². The Kier molecular flexibility index (Phi) is 6.26. The Hall–Kier alpha value is -2.35. The van der Waals surface area contributed by atoms with Gasteiger partial charge in [-0.25, -0.2) is 18.0 Å². The molecule has 7 nitrogen and oxygen atoms in total. The lowest BCUT2D eigenvalue weighted by atomic mass is 9.84. The Labute approximate surface area is 178 Å². The maximum atomic E-state index is 13.3. The molecule has 1 aromatic rings. The fourth-order valence-electron chi connectivity index (χ4n) is 3.86. The van der Waals surface area contributed by atoms with Crippen LogP contribution in [0, 0.1) is 12.8 Å². The average Bonchev–Trinajstić information content (AvgIpc) is 2.97. The SMILES string of the molecule is Cc1ccc(S(=O)(=O)N2C(=O)O[C@H](C3CCCCC3)/C2=C\C(=O)OC(C)(C)C)cc1. The highest BCUT2D eigenvalue weighted by molar-refractivity contribution is 7.89. The molecule has 8 heteroatoms. The summed E-state index contributed by atoms with van der Waals surface area (Å²) in [6, 6.07) is 6.20. The van der Waals surface area contributed by atoms with Crippen molar-refractivity contribution in [2.45, 2.75) is 76.4 Å². The first-order chi connectivity index (χ1) is 14.0. The Balaban J connectivity index is 2.03. The van der Waals surface area contributed by atoms with Crippen molar-refractivity contribution in [3.05, 3.63) is 41.6 Å². The summed E-state index contributed by atoms with van der Waals surface area (Å²) in [6.07, 6.45) is 3.98. The van der Waals surface area contributed by atoms with Crippen molar-refractivity contribution in [1.82, 2.24) is 4.31 Å². The van der Waals surface area contributed by atoms with E-state index in [1.54, 1.807) is 32.9 Å². The Morgan fingerprint density at radius 2 is 1.73 bits per heavy atom. The number of carbonyl (C=O) groups is 2. The quantitative estimate of drug-likeness (QED) is 0.517. The van der Waals surface area contributed by atoms with Crippen molar-refractivity contribution in [3.63, 3.8) is 0 Å². The minimum absolute atomic E-state index is 0.0294. The summed E-state index contributed by atoms with van der Waals surface area (Å²) >= 11 is 0. The second-order valence-corrected chi connectivity index (χ2v) is 10.7. The molecule has 0 unspecified atom stereocenters. The van der Waals surface area contributed by atoms with Crippen LogP contribution in [0.3, 0.4) is 0 Å². The second kappa shape index (κ2) is 8.41. The number of aryl methyl sites for hydroxylation is 1. The van der Waals surface area contributed by atoms with E-state index in [4.69, 9.17) is 9.47 Å². The molecule has 1 amide bonds. The third-order valence-electron chi connectivity index (χ3n) is 5.23. The number of amides is 1. The van der Waals surface area contributed by atoms with E-state index in [0.717, 1.165) is 43.7 Å². The zero-order chi connectivity index (χ0) is 22.1. The van der Waals surface area contributed by atoms with E-state index < -0.39 is 33.8 Å². The lowest BCUT2D eigenvalue weighted by Gasteiger charge is -2.27. The molecule has 1 aliphatic heterocycles. The van der Waals surface area contributed by atoms with Crippen LogP contribution in [0.2, 0.25) is 0 Å². The maximum Gasteiger partial charge on any atom is 0.429 e. The van der Waals surface area contributed by atoms with Crippen LogP contribution < -0.4 is 0 Å². The molecule has 0 radical (unpaired) electrons. The van der Waals surface area contributed by atoms with Gasteiger partial charge in [-0.05, 0) is 52.7 Å². The first kappa shape index (κ1) is 22.3. The normalized spacial score (nSPS) is 22.3. The highest BCUT2D eigenvalue weighted by Crippen LogP contribution is 2.39. The van der Waals surface area contributed by atoms with Gasteiger partial charge < -0.3 is 9.47 Å². The topological polar surface area (TPSA) is 90.0 Å². The molecule has 1 aromatic carbocycles. The molecule has 0 aromatic heterocycles. The lowest BCUT2D eigenvalue weighted by Crippen LogP contribution is -2.33. The molecule has 30 heavy (non-hydrogen) atoms.